The first-order valence-corrected chi connectivity index (χ1v) is 10.2. The van der Waals surface area contributed by atoms with Gasteiger partial charge >= 0.3 is 0 Å². The maximum atomic E-state index is 5.92. The summed E-state index contributed by atoms with van der Waals surface area (Å²) in [6.07, 6.45) is 8.15. The summed E-state index contributed by atoms with van der Waals surface area (Å²) in [5.41, 5.74) is 1.84. The third kappa shape index (κ3) is 6.57. The summed E-state index contributed by atoms with van der Waals surface area (Å²) in [4.78, 5) is 4.84. The number of hydrogen-bond donors (Lipinski definition) is 0. The van der Waals surface area contributed by atoms with Crippen LogP contribution in [0, 0.1) is 0 Å². The highest BCUT2D eigenvalue weighted by Gasteiger charge is 2.05. The second-order valence-electron chi connectivity index (χ2n) is 7.24. The average Bonchev–Trinajstić information content (AvgIpc) is 3.47. The van der Waals surface area contributed by atoms with Gasteiger partial charge in [0.25, 0.3) is 0 Å². The van der Waals surface area contributed by atoms with E-state index in [1.807, 2.05) is 73.3 Å². The lowest BCUT2D eigenvalue weighted by Gasteiger charge is -2.10. The molecule has 0 amide bonds. The van der Waals surface area contributed by atoms with Crippen LogP contribution < -0.4 is 9.47 Å². The first-order valence-electron chi connectivity index (χ1n) is 10.2. The molecule has 0 aliphatic carbocycles. The number of hydrogen-bond acceptors (Lipinski definition) is 3. The van der Waals surface area contributed by atoms with Gasteiger partial charge in [0, 0.05) is 47.7 Å². The first kappa shape index (κ1) is 26.4. The Balaban J connectivity index is 0.00000128. The van der Waals surface area contributed by atoms with Crippen LogP contribution >= 0.6 is 37.2 Å². The van der Waals surface area contributed by atoms with Gasteiger partial charge in [-0.15, -0.1) is 37.2 Å². The first-order chi connectivity index (χ1) is 14.8. The van der Waals surface area contributed by atoms with Crippen molar-refractivity contribution in [2.24, 2.45) is 0 Å². The van der Waals surface area contributed by atoms with Crippen molar-refractivity contribution < 1.29 is 9.47 Å². The second kappa shape index (κ2) is 12.4. The number of fused-ring (bicyclic) bond motifs is 2. The Morgan fingerprint density at radius 1 is 0.576 bits per heavy atom. The fraction of sp³-hybridized carbons (Fsp3) is 0.160. The van der Waals surface area contributed by atoms with E-state index in [0.717, 1.165) is 46.4 Å². The lowest BCUT2D eigenvalue weighted by Crippen LogP contribution is -2.06. The molecular formula is C25H26Cl3N3O2. The summed E-state index contributed by atoms with van der Waals surface area (Å²) >= 11 is 0. The summed E-state index contributed by atoms with van der Waals surface area (Å²) < 4.78 is 16.1. The monoisotopic (exact) mass is 505 g/mol. The van der Waals surface area contributed by atoms with Crippen LogP contribution in [0.3, 0.4) is 0 Å². The summed E-state index contributed by atoms with van der Waals surface area (Å²) in [6, 6.07) is 22.4. The van der Waals surface area contributed by atoms with Gasteiger partial charge in [-0.1, -0.05) is 0 Å². The van der Waals surface area contributed by atoms with Gasteiger partial charge in [0.2, 0.25) is 0 Å². The highest BCUT2D eigenvalue weighted by atomic mass is 35.5. The molecule has 0 saturated carbocycles. The van der Waals surface area contributed by atoms with Crippen LogP contribution in [0.25, 0.3) is 21.8 Å². The lowest BCUT2D eigenvalue weighted by molar-refractivity contribution is 0.299. The number of ether oxygens (including phenoxy) is 2. The fourth-order valence-electron chi connectivity index (χ4n) is 3.54. The van der Waals surface area contributed by atoms with Crippen LogP contribution in [0.4, 0.5) is 0 Å². The Hall–Kier alpha value is -2.86. The Morgan fingerprint density at radius 2 is 1.00 bits per heavy atom. The van der Waals surface area contributed by atoms with Crippen molar-refractivity contribution in [1.29, 1.82) is 0 Å². The summed E-state index contributed by atoms with van der Waals surface area (Å²) in [5, 5.41) is 2.20. The number of rotatable bonds is 8. The van der Waals surface area contributed by atoms with Gasteiger partial charge in [-0.05, 0) is 54.6 Å². The standard InChI is InChI=1S/C25H23N3O2.3ClH/c1-2-10-27(9-1)13-15-29-22-7-5-20-17-21-6-8-23(19-25(21)26-24(20)18-22)30-16-14-28-11-3-4-12-28;;;/h1-12,17-19H,13-16H2;3*1H. The van der Waals surface area contributed by atoms with Crippen LogP contribution in [-0.4, -0.2) is 27.3 Å². The van der Waals surface area contributed by atoms with Gasteiger partial charge in [-0.2, -0.15) is 0 Å². The smallest absolute Gasteiger partial charge is 0.121 e. The lowest BCUT2D eigenvalue weighted by atomic mass is 10.1. The molecule has 5 nitrogen and oxygen atoms in total. The molecule has 0 bridgehead atoms. The van der Waals surface area contributed by atoms with Crippen LogP contribution in [0.2, 0.25) is 0 Å². The molecule has 0 fully saturated rings. The SMILES string of the molecule is Cl.Cl.Cl.c1ccn(CCOc2ccc3cc4ccc(OCCn5cccc5)cc4nc3c2)c1. The van der Waals surface area contributed by atoms with Crippen molar-refractivity contribution in [2.75, 3.05) is 13.2 Å². The van der Waals surface area contributed by atoms with E-state index < -0.39 is 0 Å². The topological polar surface area (TPSA) is 41.2 Å². The minimum absolute atomic E-state index is 0. The number of aromatic nitrogens is 3. The van der Waals surface area contributed by atoms with E-state index in [0.29, 0.717) is 13.2 Å². The predicted octanol–water partition coefficient (Wildman–Crippen LogP) is 6.41. The van der Waals surface area contributed by atoms with E-state index in [4.69, 9.17) is 14.5 Å². The molecule has 2 aromatic carbocycles. The quantitative estimate of drug-likeness (QED) is 0.228. The minimum Gasteiger partial charge on any atom is -0.492 e. The van der Waals surface area contributed by atoms with E-state index in [1.54, 1.807) is 0 Å². The molecule has 3 heterocycles. The number of nitrogens with zero attached hydrogens (tertiary/aromatic N) is 3. The molecule has 0 spiro atoms. The van der Waals surface area contributed by atoms with Crippen molar-refractivity contribution in [3.8, 4) is 11.5 Å². The number of pyridine rings is 1. The molecule has 0 atom stereocenters. The Kier molecular flexibility index (Phi) is 9.92. The molecule has 5 rings (SSSR count). The maximum absolute atomic E-state index is 5.92. The van der Waals surface area contributed by atoms with Crippen LogP contribution in [0.1, 0.15) is 0 Å². The van der Waals surface area contributed by atoms with Gasteiger partial charge in [-0.25, -0.2) is 4.98 Å². The molecule has 8 heteroatoms. The molecule has 5 aromatic rings. The molecule has 0 saturated heterocycles. The van der Waals surface area contributed by atoms with Crippen molar-refractivity contribution in [3.05, 3.63) is 91.5 Å². The van der Waals surface area contributed by atoms with E-state index in [2.05, 4.69) is 27.3 Å². The summed E-state index contributed by atoms with van der Waals surface area (Å²) in [5.74, 6) is 1.67. The van der Waals surface area contributed by atoms with E-state index in [9.17, 15) is 0 Å². The zero-order chi connectivity index (χ0) is 20.2. The van der Waals surface area contributed by atoms with Crippen molar-refractivity contribution >= 4 is 59.0 Å². The molecule has 174 valence electrons. The van der Waals surface area contributed by atoms with Gasteiger partial charge in [0.1, 0.15) is 24.7 Å². The highest BCUT2D eigenvalue weighted by molar-refractivity contribution is 5.93. The van der Waals surface area contributed by atoms with Crippen molar-refractivity contribution in [3.63, 3.8) is 0 Å². The van der Waals surface area contributed by atoms with Gasteiger partial charge in [-0.3, -0.25) is 0 Å². The van der Waals surface area contributed by atoms with Crippen molar-refractivity contribution in [2.45, 2.75) is 13.1 Å². The average molecular weight is 507 g/mol. The van der Waals surface area contributed by atoms with E-state index in [1.165, 1.54) is 0 Å². The fourth-order valence-corrected chi connectivity index (χ4v) is 3.54. The summed E-state index contributed by atoms with van der Waals surface area (Å²) in [7, 11) is 0. The van der Waals surface area contributed by atoms with Crippen molar-refractivity contribution in [1.82, 2.24) is 14.1 Å². The summed E-state index contributed by atoms with van der Waals surface area (Å²) in [6.45, 7) is 2.88. The minimum atomic E-state index is 0. The van der Waals surface area contributed by atoms with Crippen LogP contribution in [-0.2, 0) is 13.1 Å². The zero-order valence-corrected chi connectivity index (χ0v) is 20.3. The normalized spacial score (nSPS) is 10.2. The third-order valence-electron chi connectivity index (χ3n) is 5.12. The molecule has 0 N–H and O–H groups in total. The van der Waals surface area contributed by atoms with Gasteiger partial charge < -0.3 is 18.6 Å². The predicted molar refractivity (Wildman–Crippen MR) is 141 cm³/mol. The third-order valence-corrected chi connectivity index (χ3v) is 5.12. The van der Waals surface area contributed by atoms with E-state index >= 15 is 0 Å². The Bertz CT molecular complexity index is 1160. The molecule has 3 aromatic heterocycles. The number of benzene rings is 2. The Morgan fingerprint density at radius 3 is 1.42 bits per heavy atom. The molecular weight excluding hydrogens is 481 g/mol. The highest BCUT2D eigenvalue weighted by Crippen LogP contribution is 2.26. The van der Waals surface area contributed by atoms with E-state index in [-0.39, 0.29) is 37.2 Å². The molecule has 0 unspecified atom stereocenters. The van der Waals surface area contributed by atoms with Crippen LogP contribution in [0.5, 0.6) is 11.5 Å². The molecule has 0 aliphatic rings. The van der Waals surface area contributed by atoms with Gasteiger partial charge in [0.15, 0.2) is 0 Å². The molecule has 0 radical (unpaired) electrons. The molecule has 0 aliphatic heterocycles. The maximum Gasteiger partial charge on any atom is 0.121 e. The Labute approximate surface area is 211 Å². The second-order valence-corrected chi connectivity index (χ2v) is 7.24. The van der Waals surface area contributed by atoms with Gasteiger partial charge in [0.05, 0.1) is 24.1 Å². The zero-order valence-electron chi connectivity index (χ0n) is 17.9. The molecule has 33 heavy (non-hydrogen) atoms. The van der Waals surface area contributed by atoms with Crippen LogP contribution in [0.15, 0.2) is 91.5 Å². The largest absolute Gasteiger partial charge is 0.492 e. The number of halogens is 3.